The Labute approximate surface area is 150 Å². The van der Waals surface area contributed by atoms with Crippen LogP contribution in [0.5, 0.6) is 0 Å². The van der Waals surface area contributed by atoms with Gasteiger partial charge in [0.1, 0.15) is 0 Å². The van der Waals surface area contributed by atoms with Crippen molar-refractivity contribution in [1.82, 2.24) is 5.32 Å². The van der Waals surface area contributed by atoms with Gasteiger partial charge in [-0.1, -0.05) is 55.5 Å². The number of ether oxygens (including phenoxy) is 1. The normalized spacial score (nSPS) is 13.2. The van der Waals surface area contributed by atoms with Crippen molar-refractivity contribution >= 4 is 28.7 Å². The van der Waals surface area contributed by atoms with Crippen LogP contribution < -0.4 is 5.32 Å². The largest absolute Gasteiger partial charge is 0.413 e. The van der Waals surface area contributed by atoms with Gasteiger partial charge in [-0.25, -0.2) is 4.79 Å². The Kier molecular flexibility index (Phi) is 6.41. The summed E-state index contributed by atoms with van der Waals surface area (Å²) in [6, 6.07) is 16.9. The third-order valence-electron chi connectivity index (χ3n) is 3.42. The van der Waals surface area contributed by atoms with E-state index in [1.807, 2.05) is 55.5 Å². The Morgan fingerprint density at radius 2 is 1.83 bits per heavy atom. The van der Waals surface area contributed by atoms with E-state index in [2.05, 4.69) is 27.9 Å². The average molecular weight is 425 g/mol. The van der Waals surface area contributed by atoms with E-state index in [0.717, 1.165) is 9.13 Å². The van der Waals surface area contributed by atoms with Gasteiger partial charge in [-0.05, 0) is 40.6 Å². The van der Waals surface area contributed by atoms with Crippen LogP contribution in [0.4, 0.5) is 4.79 Å². The SMILES string of the molecule is CCC[C@](O)(OC(=O)NCc1ccccc1)c1ccccc1I. The summed E-state index contributed by atoms with van der Waals surface area (Å²) in [5, 5.41) is 13.5. The van der Waals surface area contributed by atoms with E-state index in [-0.39, 0.29) is 0 Å². The van der Waals surface area contributed by atoms with E-state index in [9.17, 15) is 9.90 Å². The summed E-state index contributed by atoms with van der Waals surface area (Å²) < 4.78 is 6.23. The molecule has 0 aliphatic rings. The Balaban J connectivity index is 2.06. The molecule has 0 saturated heterocycles. The predicted molar refractivity (Wildman–Crippen MR) is 97.7 cm³/mol. The summed E-state index contributed by atoms with van der Waals surface area (Å²) in [6.07, 6.45) is 0.392. The molecule has 0 aliphatic carbocycles. The van der Waals surface area contributed by atoms with Crippen molar-refractivity contribution in [3.63, 3.8) is 0 Å². The molecule has 2 rings (SSSR count). The summed E-state index contributed by atoms with van der Waals surface area (Å²) >= 11 is 2.13. The highest BCUT2D eigenvalue weighted by molar-refractivity contribution is 14.1. The standard InChI is InChI=1S/C18H20INO3/c1-2-12-18(22,15-10-6-7-11-16(15)19)23-17(21)20-13-14-8-4-3-5-9-14/h3-11,22H,2,12-13H2,1H3,(H,20,21)/t18-/m0/s1. The molecule has 23 heavy (non-hydrogen) atoms. The molecule has 122 valence electrons. The van der Waals surface area contributed by atoms with Crippen LogP contribution in [0.15, 0.2) is 54.6 Å². The second-order valence-corrected chi connectivity index (χ2v) is 6.41. The smallest absolute Gasteiger partial charge is 0.410 e. The minimum absolute atomic E-state index is 0.339. The van der Waals surface area contributed by atoms with Gasteiger partial charge in [-0.15, -0.1) is 0 Å². The summed E-state index contributed by atoms with van der Waals surface area (Å²) in [5.74, 6) is -1.62. The fourth-order valence-corrected chi connectivity index (χ4v) is 3.13. The molecule has 2 N–H and O–H groups in total. The van der Waals surface area contributed by atoms with Crippen LogP contribution in [0.2, 0.25) is 0 Å². The van der Waals surface area contributed by atoms with Gasteiger partial charge in [0.05, 0.1) is 0 Å². The van der Waals surface area contributed by atoms with E-state index in [1.165, 1.54) is 0 Å². The number of halogens is 1. The lowest BCUT2D eigenvalue weighted by Crippen LogP contribution is -2.37. The molecule has 1 amide bonds. The van der Waals surface area contributed by atoms with Crippen LogP contribution in [-0.2, 0) is 17.1 Å². The number of carbonyl (C=O) groups is 1. The first-order valence-electron chi connectivity index (χ1n) is 7.53. The third kappa shape index (κ3) is 4.94. The lowest BCUT2D eigenvalue weighted by molar-refractivity contribution is -0.175. The number of alkyl carbamates (subject to hydrolysis) is 1. The second kappa shape index (κ2) is 8.31. The van der Waals surface area contributed by atoms with Crippen molar-refractivity contribution in [2.24, 2.45) is 0 Å². The number of aliphatic hydroxyl groups is 1. The van der Waals surface area contributed by atoms with Crippen LogP contribution >= 0.6 is 22.6 Å². The van der Waals surface area contributed by atoms with Crippen molar-refractivity contribution in [3.8, 4) is 0 Å². The Morgan fingerprint density at radius 1 is 1.17 bits per heavy atom. The third-order valence-corrected chi connectivity index (χ3v) is 4.37. The predicted octanol–water partition coefficient (Wildman–Crippen LogP) is 4.16. The molecule has 1 atom stereocenters. The molecule has 2 aromatic carbocycles. The molecule has 2 aromatic rings. The minimum atomic E-state index is -1.62. The zero-order valence-electron chi connectivity index (χ0n) is 13.0. The Bertz CT molecular complexity index is 648. The molecule has 0 unspecified atom stereocenters. The number of nitrogens with one attached hydrogen (secondary N) is 1. The molecule has 5 heteroatoms. The topological polar surface area (TPSA) is 58.6 Å². The second-order valence-electron chi connectivity index (χ2n) is 5.24. The van der Waals surface area contributed by atoms with Gasteiger partial charge in [0.2, 0.25) is 5.79 Å². The van der Waals surface area contributed by atoms with Crippen molar-refractivity contribution in [2.45, 2.75) is 32.1 Å². The monoisotopic (exact) mass is 425 g/mol. The quantitative estimate of drug-likeness (QED) is 0.540. The highest BCUT2D eigenvalue weighted by Crippen LogP contribution is 2.31. The molecular formula is C18H20INO3. The van der Waals surface area contributed by atoms with Gasteiger partial charge < -0.3 is 15.2 Å². The zero-order chi connectivity index (χ0) is 16.7. The number of amides is 1. The van der Waals surface area contributed by atoms with Crippen LogP contribution in [-0.4, -0.2) is 11.2 Å². The molecule has 0 heterocycles. The number of rotatable bonds is 6. The number of hydrogen-bond acceptors (Lipinski definition) is 3. The average Bonchev–Trinajstić information content (AvgIpc) is 2.54. The first-order valence-corrected chi connectivity index (χ1v) is 8.61. The van der Waals surface area contributed by atoms with Gasteiger partial charge in [-0.2, -0.15) is 0 Å². The first kappa shape index (κ1) is 17.7. The maximum Gasteiger partial charge on any atom is 0.410 e. The number of hydrogen-bond donors (Lipinski definition) is 2. The van der Waals surface area contributed by atoms with E-state index in [0.29, 0.717) is 24.9 Å². The van der Waals surface area contributed by atoms with Crippen LogP contribution in [0.25, 0.3) is 0 Å². The van der Waals surface area contributed by atoms with Gasteiger partial charge >= 0.3 is 6.09 Å². The number of carbonyl (C=O) groups excluding carboxylic acids is 1. The van der Waals surface area contributed by atoms with Gasteiger partial charge in [0, 0.05) is 22.1 Å². The summed E-state index contributed by atoms with van der Waals surface area (Å²) in [6.45, 7) is 2.29. The van der Waals surface area contributed by atoms with E-state index < -0.39 is 11.9 Å². The Hall–Kier alpha value is -1.60. The highest BCUT2D eigenvalue weighted by atomic mass is 127. The van der Waals surface area contributed by atoms with Gasteiger partial charge in [0.15, 0.2) is 0 Å². The fraction of sp³-hybridized carbons (Fsp3) is 0.278. The zero-order valence-corrected chi connectivity index (χ0v) is 15.1. The molecule has 0 fully saturated rings. The van der Waals surface area contributed by atoms with Crippen LogP contribution in [0.1, 0.15) is 30.9 Å². The highest BCUT2D eigenvalue weighted by Gasteiger charge is 2.34. The van der Waals surface area contributed by atoms with E-state index in [1.54, 1.807) is 6.07 Å². The van der Waals surface area contributed by atoms with Crippen molar-refractivity contribution in [1.29, 1.82) is 0 Å². The molecule has 0 spiro atoms. The summed E-state index contributed by atoms with van der Waals surface area (Å²) in [4.78, 5) is 12.1. The Morgan fingerprint density at radius 3 is 2.48 bits per heavy atom. The van der Waals surface area contributed by atoms with E-state index in [4.69, 9.17) is 4.74 Å². The fourth-order valence-electron chi connectivity index (χ4n) is 2.32. The molecular weight excluding hydrogens is 405 g/mol. The molecule has 0 saturated carbocycles. The number of benzene rings is 2. The van der Waals surface area contributed by atoms with Gasteiger partial charge in [0.25, 0.3) is 0 Å². The first-order chi connectivity index (χ1) is 11.0. The van der Waals surface area contributed by atoms with Crippen LogP contribution in [0, 0.1) is 3.57 Å². The van der Waals surface area contributed by atoms with Crippen LogP contribution in [0.3, 0.4) is 0 Å². The lowest BCUT2D eigenvalue weighted by Gasteiger charge is -2.29. The maximum absolute atomic E-state index is 12.1. The summed E-state index contributed by atoms with van der Waals surface area (Å²) in [7, 11) is 0. The molecule has 4 nitrogen and oxygen atoms in total. The van der Waals surface area contributed by atoms with Crippen molar-refractivity contribution in [3.05, 3.63) is 69.3 Å². The molecule has 0 aromatic heterocycles. The van der Waals surface area contributed by atoms with Gasteiger partial charge in [-0.3, -0.25) is 0 Å². The molecule has 0 aliphatic heterocycles. The minimum Gasteiger partial charge on any atom is -0.413 e. The lowest BCUT2D eigenvalue weighted by atomic mass is 10.0. The van der Waals surface area contributed by atoms with Crippen molar-refractivity contribution < 1.29 is 14.6 Å². The summed E-state index contributed by atoms with van der Waals surface area (Å²) in [5.41, 5.74) is 1.58. The van der Waals surface area contributed by atoms with E-state index >= 15 is 0 Å². The van der Waals surface area contributed by atoms with Crippen molar-refractivity contribution in [2.75, 3.05) is 0 Å². The molecule has 0 radical (unpaired) electrons. The maximum atomic E-state index is 12.1. The molecule has 0 bridgehead atoms.